The summed E-state index contributed by atoms with van der Waals surface area (Å²) in [6.45, 7) is 0.590. The Hall–Kier alpha value is -2.77. The van der Waals surface area contributed by atoms with E-state index in [1.54, 1.807) is 15.7 Å². The van der Waals surface area contributed by atoms with Crippen molar-refractivity contribution in [1.29, 1.82) is 0 Å². The second kappa shape index (κ2) is 4.84. The van der Waals surface area contributed by atoms with Gasteiger partial charge in [0, 0.05) is 13.2 Å². The highest BCUT2D eigenvalue weighted by Crippen LogP contribution is 2.18. The van der Waals surface area contributed by atoms with E-state index in [0.29, 0.717) is 6.54 Å². The summed E-state index contributed by atoms with van der Waals surface area (Å²) in [4.78, 5) is 0. The van der Waals surface area contributed by atoms with Crippen LogP contribution < -0.4 is 5.32 Å². The summed E-state index contributed by atoms with van der Waals surface area (Å²) >= 11 is 0. The van der Waals surface area contributed by atoms with Crippen LogP contribution in [0.1, 0.15) is 5.69 Å². The largest absolute Gasteiger partial charge is 0.378 e. The number of anilines is 1. The molecule has 3 rings (SSSR count). The summed E-state index contributed by atoms with van der Waals surface area (Å²) in [5.41, 5.74) is 2.69. The first-order chi connectivity index (χ1) is 9.33. The number of nitrogens with zero attached hydrogens (tertiary/aromatic N) is 7. The molecule has 3 aromatic rings. The third-order valence-corrected chi connectivity index (χ3v) is 2.61. The summed E-state index contributed by atoms with van der Waals surface area (Å²) in [5, 5.41) is 22.4. The lowest BCUT2D eigenvalue weighted by Gasteiger charge is -2.09. The fraction of sp³-hybridized carbons (Fsp3) is 0.182. The van der Waals surface area contributed by atoms with Gasteiger partial charge in [-0.2, -0.15) is 4.68 Å². The zero-order valence-electron chi connectivity index (χ0n) is 10.3. The Labute approximate surface area is 109 Å². The normalized spacial score (nSPS) is 10.6. The van der Waals surface area contributed by atoms with Crippen LogP contribution in [0.3, 0.4) is 0 Å². The molecule has 0 spiro atoms. The van der Waals surface area contributed by atoms with Crippen molar-refractivity contribution in [2.75, 3.05) is 5.32 Å². The van der Waals surface area contributed by atoms with Crippen LogP contribution >= 0.6 is 0 Å². The maximum Gasteiger partial charge on any atom is 0.143 e. The van der Waals surface area contributed by atoms with E-state index in [-0.39, 0.29) is 0 Å². The summed E-state index contributed by atoms with van der Waals surface area (Å²) in [6, 6.07) is 7.79. The first-order valence-electron chi connectivity index (χ1n) is 5.74. The molecule has 1 N–H and O–H groups in total. The number of para-hydroxylation sites is 2. The van der Waals surface area contributed by atoms with Crippen molar-refractivity contribution < 1.29 is 0 Å². The third-order valence-electron chi connectivity index (χ3n) is 2.61. The van der Waals surface area contributed by atoms with Crippen LogP contribution in [0.15, 0.2) is 36.8 Å². The molecule has 0 fully saturated rings. The topological polar surface area (TPSA) is 86.3 Å². The maximum atomic E-state index is 4.03. The van der Waals surface area contributed by atoms with Gasteiger partial charge in [-0.05, 0) is 22.6 Å². The van der Waals surface area contributed by atoms with Gasteiger partial charge < -0.3 is 5.32 Å². The molecular formula is C11H12N8. The molecule has 0 aliphatic carbocycles. The average molecular weight is 256 g/mol. The lowest BCUT2D eigenvalue weighted by atomic mass is 10.2. The Morgan fingerprint density at radius 1 is 1.21 bits per heavy atom. The number of hydrogen-bond acceptors (Lipinski definition) is 6. The molecular weight excluding hydrogens is 244 g/mol. The van der Waals surface area contributed by atoms with E-state index >= 15 is 0 Å². The van der Waals surface area contributed by atoms with Gasteiger partial charge in [0.1, 0.15) is 12.0 Å². The predicted octanol–water partition coefficient (Wildman–Crippen LogP) is 0.403. The first kappa shape index (κ1) is 11.3. The Morgan fingerprint density at radius 2 is 2.11 bits per heavy atom. The fourth-order valence-corrected chi connectivity index (χ4v) is 1.76. The maximum absolute atomic E-state index is 4.03. The van der Waals surface area contributed by atoms with Crippen molar-refractivity contribution >= 4 is 5.69 Å². The summed E-state index contributed by atoms with van der Waals surface area (Å²) in [5.74, 6) is 0. The van der Waals surface area contributed by atoms with E-state index in [2.05, 4.69) is 31.2 Å². The van der Waals surface area contributed by atoms with Gasteiger partial charge in [0.15, 0.2) is 0 Å². The van der Waals surface area contributed by atoms with Gasteiger partial charge in [-0.1, -0.05) is 17.3 Å². The molecule has 0 unspecified atom stereocenters. The van der Waals surface area contributed by atoms with Crippen molar-refractivity contribution in [3.8, 4) is 5.69 Å². The molecule has 0 atom stereocenters. The lowest BCUT2D eigenvalue weighted by molar-refractivity contribution is 0.713. The van der Waals surface area contributed by atoms with Crippen LogP contribution in [0.4, 0.5) is 5.69 Å². The molecule has 19 heavy (non-hydrogen) atoms. The van der Waals surface area contributed by atoms with Gasteiger partial charge in [0.25, 0.3) is 0 Å². The third kappa shape index (κ3) is 2.41. The Balaban J connectivity index is 1.81. The molecule has 0 amide bonds. The number of nitrogens with one attached hydrogen (secondary N) is 1. The number of rotatable bonds is 4. The highest BCUT2D eigenvalue weighted by Gasteiger charge is 2.05. The Kier molecular flexibility index (Phi) is 2.89. The number of benzene rings is 1. The van der Waals surface area contributed by atoms with E-state index < -0.39 is 0 Å². The van der Waals surface area contributed by atoms with Crippen LogP contribution in [0.5, 0.6) is 0 Å². The minimum absolute atomic E-state index is 0.590. The van der Waals surface area contributed by atoms with Crippen molar-refractivity contribution in [3.05, 3.63) is 42.5 Å². The van der Waals surface area contributed by atoms with Crippen molar-refractivity contribution in [3.63, 3.8) is 0 Å². The summed E-state index contributed by atoms with van der Waals surface area (Å²) in [7, 11) is 1.84. The van der Waals surface area contributed by atoms with Crippen LogP contribution in [-0.4, -0.2) is 35.2 Å². The molecule has 96 valence electrons. The highest BCUT2D eigenvalue weighted by molar-refractivity contribution is 5.60. The van der Waals surface area contributed by atoms with Crippen LogP contribution in [0, 0.1) is 0 Å². The van der Waals surface area contributed by atoms with Crippen LogP contribution in [-0.2, 0) is 13.6 Å². The van der Waals surface area contributed by atoms with E-state index in [1.807, 2.05) is 37.5 Å². The molecule has 0 aliphatic heterocycles. The smallest absolute Gasteiger partial charge is 0.143 e. The van der Waals surface area contributed by atoms with E-state index in [1.165, 1.54) is 0 Å². The fourth-order valence-electron chi connectivity index (χ4n) is 1.76. The Morgan fingerprint density at radius 3 is 2.84 bits per heavy atom. The van der Waals surface area contributed by atoms with Gasteiger partial charge in [-0.25, -0.2) is 0 Å². The second-order valence-electron chi connectivity index (χ2n) is 4.01. The van der Waals surface area contributed by atoms with Crippen LogP contribution in [0.25, 0.3) is 5.69 Å². The number of tetrazole rings is 1. The highest BCUT2D eigenvalue weighted by atomic mass is 15.5. The molecule has 0 bridgehead atoms. The SMILES string of the molecule is Cn1cc(CNc2ccccc2-n2cnnn2)nn1. The number of hydrogen-bond donors (Lipinski definition) is 1. The first-order valence-corrected chi connectivity index (χ1v) is 5.74. The molecule has 0 saturated carbocycles. The Bertz CT molecular complexity index is 657. The second-order valence-corrected chi connectivity index (χ2v) is 4.01. The minimum Gasteiger partial charge on any atom is -0.378 e. The molecule has 1 aromatic carbocycles. The van der Waals surface area contributed by atoms with E-state index in [0.717, 1.165) is 17.1 Å². The van der Waals surface area contributed by atoms with E-state index in [9.17, 15) is 0 Å². The average Bonchev–Trinajstić information content (AvgIpc) is 3.08. The van der Waals surface area contributed by atoms with Gasteiger partial charge in [0.2, 0.25) is 0 Å². The molecule has 8 heteroatoms. The lowest BCUT2D eigenvalue weighted by Crippen LogP contribution is -2.05. The zero-order valence-corrected chi connectivity index (χ0v) is 10.3. The summed E-state index contributed by atoms with van der Waals surface area (Å²) < 4.78 is 3.28. The molecule has 0 saturated heterocycles. The van der Waals surface area contributed by atoms with Crippen molar-refractivity contribution in [2.45, 2.75) is 6.54 Å². The number of aryl methyl sites for hydroxylation is 1. The molecule has 0 radical (unpaired) electrons. The van der Waals surface area contributed by atoms with Crippen molar-refractivity contribution in [2.24, 2.45) is 7.05 Å². The minimum atomic E-state index is 0.590. The summed E-state index contributed by atoms with van der Waals surface area (Å²) in [6.07, 6.45) is 3.43. The van der Waals surface area contributed by atoms with Crippen molar-refractivity contribution in [1.82, 2.24) is 35.2 Å². The van der Waals surface area contributed by atoms with E-state index in [4.69, 9.17) is 0 Å². The molecule has 8 nitrogen and oxygen atoms in total. The number of aromatic nitrogens is 7. The van der Waals surface area contributed by atoms with Crippen LogP contribution in [0.2, 0.25) is 0 Å². The van der Waals surface area contributed by atoms with Gasteiger partial charge in [-0.15, -0.1) is 10.2 Å². The molecule has 2 heterocycles. The zero-order chi connectivity index (χ0) is 13.1. The molecule has 0 aliphatic rings. The van der Waals surface area contributed by atoms with Gasteiger partial charge in [-0.3, -0.25) is 4.68 Å². The van der Waals surface area contributed by atoms with Gasteiger partial charge in [0.05, 0.1) is 17.9 Å². The van der Waals surface area contributed by atoms with Gasteiger partial charge >= 0.3 is 0 Å². The standard InChI is InChI=1S/C11H12N8/c1-18-7-9(14-16-18)6-12-10-4-2-3-5-11(10)19-8-13-15-17-19/h2-5,7-8,12H,6H2,1H3. The molecule has 2 aromatic heterocycles. The monoisotopic (exact) mass is 256 g/mol. The predicted molar refractivity (Wildman–Crippen MR) is 67.5 cm³/mol. The quantitative estimate of drug-likeness (QED) is 0.727.